The summed E-state index contributed by atoms with van der Waals surface area (Å²) in [5, 5.41) is 3.14. The zero-order valence-corrected chi connectivity index (χ0v) is 8.86. The predicted octanol–water partition coefficient (Wildman–Crippen LogP) is 2.37. The Hall–Kier alpha value is -0.790. The van der Waals surface area contributed by atoms with Crippen LogP contribution in [0.3, 0.4) is 0 Å². The maximum Gasteiger partial charge on any atom is 0.0390 e. The normalized spacial score (nSPS) is 14.2. The standard InChI is InChI=1S/C10H20N2/c1-6-7-10(12-5)8(2)9(3)11-4/h11H,6-7H2,1-5H3/b9-8+,12-10?. The van der Waals surface area contributed by atoms with Crippen molar-refractivity contribution in [1.82, 2.24) is 5.32 Å². The van der Waals surface area contributed by atoms with Crippen LogP contribution in [-0.2, 0) is 0 Å². The van der Waals surface area contributed by atoms with Crippen molar-refractivity contribution in [1.29, 1.82) is 0 Å². The van der Waals surface area contributed by atoms with E-state index in [4.69, 9.17) is 0 Å². The minimum atomic E-state index is 1.07. The minimum Gasteiger partial charge on any atom is -0.391 e. The first kappa shape index (κ1) is 11.2. The van der Waals surface area contributed by atoms with E-state index in [1.54, 1.807) is 0 Å². The highest BCUT2D eigenvalue weighted by Gasteiger charge is 2.02. The van der Waals surface area contributed by atoms with Crippen molar-refractivity contribution in [2.24, 2.45) is 4.99 Å². The first-order valence-corrected chi connectivity index (χ1v) is 4.48. The average Bonchev–Trinajstić information content (AvgIpc) is 2.11. The van der Waals surface area contributed by atoms with Gasteiger partial charge in [0.1, 0.15) is 0 Å². The lowest BCUT2D eigenvalue weighted by atomic mass is 10.1. The van der Waals surface area contributed by atoms with Crippen molar-refractivity contribution in [3.05, 3.63) is 11.3 Å². The van der Waals surface area contributed by atoms with Gasteiger partial charge in [-0.2, -0.15) is 0 Å². The lowest BCUT2D eigenvalue weighted by molar-refractivity contribution is 0.950. The molecule has 2 heteroatoms. The Morgan fingerprint density at radius 3 is 2.25 bits per heavy atom. The van der Waals surface area contributed by atoms with Gasteiger partial charge in [0.25, 0.3) is 0 Å². The van der Waals surface area contributed by atoms with E-state index in [1.165, 1.54) is 17.0 Å². The van der Waals surface area contributed by atoms with E-state index in [-0.39, 0.29) is 0 Å². The topological polar surface area (TPSA) is 24.4 Å². The molecule has 0 radical (unpaired) electrons. The van der Waals surface area contributed by atoms with Crippen LogP contribution >= 0.6 is 0 Å². The summed E-state index contributed by atoms with van der Waals surface area (Å²) in [6.45, 7) is 6.37. The minimum absolute atomic E-state index is 1.07. The SMILES string of the molecule is CCCC(=NC)/C(C)=C(\C)NC. The van der Waals surface area contributed by atoms with E-state index in [0.29, 0.717) is 0 Å². The summed E-state index contributed by atoms with van der Waals surface area (Å²) in [4.78, 5) is 4.27. The fraction of sp³-hybridized carbons (Fsp3) is 0.700. The molecule has 0 aliphatic rings. The maximum absolute atomic E-state index is 4.27. The van der Waals surface area contributed by atoms with Crippen LogP contribution in [0.15, 0.2) is 16.3 Å². The molecule has 70 valence electrons. The summed E-state index contributed by atoms with van der Waals surface area (Å²) in [7, 11) is 3.80. The van der Waals surface area contributed by atoms with Crippen LogP contribution in [0.25, 0.3) is 0 Å². The van der Waals surface area contributed by atoms with Crippen LogP contribution in [-0.4, -0.2) is 19.8 Å². The fourth-order valence-electron chi connectivity index (χ4n) is 1.11. The molecule has 0 heterocycles. The van der Waals surface area contributed by atoms with Crippen molar-refractivity contribution in [2.45, 2.75) is 33.6 Å². The molecule has 0 aromatic rings. The lowest BCUT2D eigenvalue weighted by Gasteiger charge is -2.09. The number of hydrogen-bond donors (Lipinski definition) is 1. The molecule has 2 nitrogen and oxygen atoms in total. The van der Waals surface area contributed by atoms with Gasteiger partial charge >= 0.3 is 0 Å². The molecule has 0 aromatic carbocycles. The number of rotatable bonds is 4. The van der Waals surface area contributed by atoms with Gasteiger partial charge in [0.15, 0.2) is 0 Å². The summed E-state index contributed by atoms with van der Waals surface area (Å²) in [5.74, 6) is 0. The van der Waals surface area contributed by atoms with E-state index in [2.05, 4.69) is 31.1 Å². The van der Waals surface area contributed by atoms with Crippen LogP contribution in [0.5, 0.6) is 0 Å². The molecule has 0 atom stereocenters. The molecule has 0 aliphatic heterocycles. The monoisotopic (exact) mass is 168 g/mol. The first-order chi connectivity index (χ1) is 5.67. The quantitative estimate of drug-likeness (QED) is 0.640. The molecular formula is C10H20N2. The van der Waals surface area contributed by atoms with Crippen LogP contribution in [0.1, 0.15) is 33.6 Å². The second-order valence-electron chi connectivity index (χ2n) is 2.92. The van der Waals surface area contributed by atoms with Gasteiger partial charge in [0, 0.05) is 25.5 Å². The second kappa shape index (κ2) is 5.81. The van der Waals surface area contributed by atoms with E-state index in [9.17, 15) is 0 Å². The largest absolute Gasteiger partial charge is 0.391 e. The van der Waals surface area contributed by atoms with Crippen molar-refractivity contribution < 1.29 is 0 Å². The molecule has 0 spiro atoms. The molecule has 0 aromatic heterocycles. The van der Waals surface area contributed by atoms with Gasteiger partial charge in [-0.05, 0) is 25.8 Å². The van der Waals surface area contributed by atoms with Crippen LogP contribution < -0.4 is 5.32 Å². The van der Waals surface area contributed by atoms with Crippen LogP contribution in [0.4, 0.5) is 0 Å². The zero-order chi connectivity index (χ0) is 9.56. The Kier molecular flexibility index (Phi) is 5.43. The number of aliphatic imine (C=N–C) groups is 1. The molecule has 1 N–H and O–H groups in total. The first-order valence-electron chi connectivity index (χ1n) is 4.48. The van der Waals surface area contributed by atoms with Gasteiger partial charge in [-0.25, -0.2) is 0 Å². The van der Waals surface area contributed by atoms with Crippen molar-refractivity contribution in [2.75, 3.05) is 14.1 Å². The third-order valence-electron chi connectivity index (χ3n) is 2.13. The highest BCUT2D eigenvalue weighted by Crippen LogP contribution is 2.07. The highest BCUT2D eigenvalue weighted by molar-refractivity contribution is 6.00. The van der Waals surface area contributed by atoms with E-state index >= 15 is 0 Å². The predicted molar refractivity (Wildman–Crippen MR) is 55.7 cm³/mol. The van der Waals surface area contributed by atoms with Gasteiger partial charge in [-0.1, -0.05) is 13.3 Å². The lowest BCUT2D eigenvalue weighted by Crippen LogP contribution is -2.10. The molecule has 0 saturated heterocycles. The van der Waals surface area contributed by atoms with Gasteiger partial charge in [-0.15, -0.1) is 0 Å². The molecule has 0 bridgehead atoms. The number of nitrogens with zero attached hydrogens (tertiary/aromatic N) is 1. The van der Waals surface area contributed by atoms with E-state index < -0.39 is 0 Å². The number of allylic oxidation sites excluding steroid dienone is 2. The number of nitrogens with one attached hydrogen (secondary N) is 1. The number of hydrogen-bond acceptors (Lipinski definition) is 2. The summed E-state index contributed by atoms with van der Waals surface area (Å²) in [6, 6.07) is 0. The van der Waals surface area contributed by atoms with Gasteiger partial charge in [-0.3, -0.25) is 4.99 Å². The summed E-state index contributed by atoms with van der Waals surface area (Å²) in [6.07, 6.45) is 2.22. The third kappa shape index (κ3) is 3.07. The smallest absolute Gasteiger partial charge is 0.0390 e. The van der Waals surface area contributed by atoms with Crippen molar-refractivity contribution >= 4 is 5.71 Å². The summed E-state index contributed by atoms with van der Waals surface area (Å²) < 4.78 is 0. The Morgan fingerprint density at radius 1 is 1.33 bits per heavy atom. The van der Waals surface area contributed by atoms with Crippen LogP contribution in [0.2, 0.25) is 0 Å². The fourth-order valence-corrected chi connectivity index (χ4v) is 1.11. The van der Waals surface area contributed by atoms with Gasteiger partial charge in [0.2, 0.25) is 0 Å². The molecule has 12 heavy (non-hydrogen) atoms. The van der Waals surface area contributed by atoms with E-state index in [1.807, 2.05) is 14.1 Å². The summed E-state index contributed by atoms with van der Waals surface area (Å²) >= 11 is 0. The average molecular weight is 168 g/mol. The van der Waals surface area contributed by atoms with Crippen molar-refractivity contribution in [3.8, 4) is 0 Å². The molecule has 0 aliphatic carbocycles. The Balaban J connectivity index is 4.52. The highest BCUT2D eigenvalue weighted by atomic mass is 14.8. The Labute approximate surface area is 75.8 Å². The summed E-state index contributed by atoms with van der Waals surface area (Å²) in [5.41, 5.74) is 3.70. The van der Waals surface area contributed by atoms with Crippen molar-refractivity contribution in [3.63, 3.8) is 0 Å². The second-order valence-corrected chi connectivity index (χ2v) is 2.92. The molecule has 0 unspecified atom stereocenters. The van der Waals surface area contributed by atoms with Crippen LogP contribution in [0, 0.1) is 0 Å². The molecule has 0 saturated carbocycles. The van der Waals surface area contributed by atoms with Gasteiger partial charge < -0.3 is 5.32 Å². The maximum atomic E-state index is 4.27. The van der Waals surface area contributed by atoms with E-state index in [0.717, 1.165) is 12.8 Å². The molecule has 0 amide bonds. The zero-order valence-electron chi connectivity index (χ0n) is 8.86. The Morgan fingerprint density at radius 2 is 1.92 bits per heavy atom. The Bertz CT molecular complexity index is 190. The third-order valence-corrected chi connectivity index (χ3v) is 2.13. The van der Waals surface area contributed by atoms with Gasteiger partial charge in [0.05, 0.1) is 0 Å². The molecule has 0 rings (SSSR count). The molecular weight excluding hydrogens is 148 g/mol. The molecule has 0 fully saturated rings.